The predicted octanol–water partition coefficient (Wildman–Crippen LogP) is 4.73. The summed E-state index contributed by atoms with van der Waals surface area (Å²) in [6.07, 6.45) is 7.57. The molecule has 86 valence electrons. The van der Waals surface area contributed by atoms with E-state index in [-0.39, 0.29) is 0 Å². The van der Waals surface area contributed by atoms with Crippen LogP contribution in [0.5, 0.6) is 0 Å². The molecule has 3 heteroatoms. The van der Waals surface area contributed by atoms with Crippen LogP contribution in [0.25, 0.3) is 0 Å². The van der Waals surface area contributed by atoms with Gasteiger partial charge in [0.1, 0.15) is 0 Å². The summed E-state index contributed by atoms with van der Waals surface area (Å²) in [6, 6.07) is 6.03. The lowest BCUT2D eigenvalue weighted by molar-refractivity contribution is 1.24. The second kappa shape index (κ2) is 4.63. The van der Waals surface area contributed by atoms with Gasteiger partial charge in [-0.15, -0.1) is 11.8 Å². The lowest BCUT2D eigenvalue weighted by Gasteiger charge is -2.20. The smallest absolute Gasteiger partial charge is 0.0426 e. The van der Waals surface area contributed by atoms with Crippen molar-refractivity contribution in [3.05, 3.63) is 63.7 Å². The molecular formula is C14H12ClNS. The zero-order valence-electron chi connectivity index (χ0n) is 9.24. The quantitative estimate of drug-likeness (QED) is 0.725. The fourth-order valence-corrected chi connectivity index (χ4v) is 3.07. The summed E-state index contributed by atoms with van der Waals surface area (Å²) in [6.45, 7) is 0. The van der Waals surface area contributed by atoms with Crippen LogP contribution >= 0.6 is 23.4 Å². The molecule has 1 aliphatic carbocycles. The van der Waals surface area contributed by atoms with Crippen LogP contribution in [0.4, 0.5) is 5.69 Å². The zero-order chi connectivity index (χ0) is 11.7. The van der Waals surface area contributed by atoms with Crippen molar-refractivity contribution in [1.82, 2.24) is 0 Å². The summed E-state index contributed by atoms with van der Waals surface area (Å²) in [5.41, 5.74) is 4.88. The number of fused-ring (bicyclic) bond motifs is 2. The van der Waals surface area contributed by atoms with E-state index in [1.807, 2.05) is 23.9 Å². The zero-order valence-corrected chi connectivity index (χ0v) is 10.8. The Hall–Kier alpha value is -1.12. The molecule has 0 saturated heterocycles. The molecule has 17 heavy (non-hydrogen) atoms. The summed E-state index contributed by atoms with van der Waals surface area (Å²) < 4.78 is 0. The SMILES string of the molecule is Clc1ccc2c(c1)CSC=C1C=CCC=C1N2. The number of rotatable bonds is 0. The average molecular weight is 262 g/mol. The van der Waals surface area contributed by atoms with Crippen molar-refractivity contribution < 1.29 is 0 Å². The van der Waals surface area contributed by atoms with Crippen LogP contribution in [0.15, 0.2) is 53.1 Å². The van der Waals surface area contributed by atoms with Gasteiger partial charge in [0, 0.05) is 27.7 Å². The van der Waals surface area contributed by atoms with Crippen molar-refractivity contribution in [3.8, 4) is 0 Å². The van der Waals surface area contributed by atoms with Crippen molar-refractivity contribution in [2.24, 2.45) is 0 Å². The third-order valence-corrected chi connectivity index (χ3v) is 3.99. The van der Waals surface area contributed by atoms with Gasteiger partial charge in [0.05, 0.1) is 0 Å². The summed E-state index contributed by atoms with van der Waals surface area (Å²) in [4.78, 5) is 0. The highest BCUT2D eigenvalue weighted by atomic mass is 35.5. The summed E-state index contributed by atoms with van der Waals surface area (Å²) in [5.74, 6) is 0.952. The van der Waals surface area contributed by atoms with E-state index in [1.54, 1.807) is 0 Å². The normalized spacial score (nSPS) is 17.9. The minimum absolute atomic E-state index is 0.799. The number of thioether (sulfide) groups is 1. The molecule has 0 spiro atoms. The van der Waals surface area contributed by atoms with Crippen LogP contribution < -0.4 is 5.32 Å². The first-order valence-corrected chi connectivity index (χ1v) is 7.00. The largest absolute Gasteiger partial charge is 0.355 e. The van der Waals surface area contributed by atoms with Crippen molar-refractivity contribution in [2.45, 2.75) is 12.2 Å². The van der Waals surface area contributed by atoms with E-state index < -0.39 is 0 Å². The first-order valence-electron chi connectivity index (χ1n) is 5.57. The van der Waals surface area contributed by atoms with Crippen LogP contribution in [-0.2, 0) is 5.75 Å². The molecule has 1 aliphatic heterocycles. The molecule has 1 aromatic rings. The Balaban J connectivity index is 2.01. The molecule has 0 saturated carbocycles. The van der Waals surface area contributed by atoms with Gasteiger partial charge in [0.15, 0.2) is 0 Å². The van der Waals surface area contributed by atoms with E-state index in [1.165, 1.54) is 16.8 Å². The Bertz CT molecular complexity index is 543. The van der Waals surface area contributed by atoms with Crippen molar-refractivity contribution in [2.75, 3.05) is 5.32 Å². The molecule has 0 radical (unpaired) electrons. The monoisotopic (exact) mass is 261 g/mol. The van der Waals surface area contributed by atoms with Crippen LogP contribution in [-0.4, -0.2) is 0 Å². The number of hydrogen-bond acceptors (Lipinski definition) is 2. The molecule has 0 fully saturated rings. The first kappa shape index (κ1) is 11.0. The highest BCUT2D eigenvalue weighted by molar-refractivity contribution is 8.01. The van der Waals surface area contributed by atoms with Crippen molar-refractivity contribution in [3.63, 3.8) is 0 Å². The number of halogens is 1. The maximum Gasteiger partial charge on any atom is 0.0426 e. The topological polar surface area (TPSA) is 12.0 Å². The van der Waals surface area contributed by atoms with Gasteiger partial charge in [-0.3, -0.25) is 0 Å². The number of hydrogen-bond donors (Lipinski definition) is 1. The molecule has 0 aromatic heterocycles. The molecule has 0 atom stereocenters. The van der Waals surface area contributed by atoms with E-state index in [2.05, 4.69) is 35.0 Å². The molecule has 1 heterocycles. The molecule has 0 unspecified atom stereocenters. The molecule has 0 bridgehead atoms. The Labute approximate surface area is 110 Å². The summed E-state index contributed by atoms with van der Waals surface area (Å²) in [5, 5.41) is 6.50. The van der Waals surface area contributed by atoms with Gasteiger partial charge in [-0.05, 0) is 35.6 Å². The molecule has 1 aromatic carbocycles. The maximum atomic E-state index is 6.03. The number of anilines is 1. The molecular weight excluding hydrogens is 250 g/mol. The lowest BCUT2D eigenvalue weighted by Crippen LogP contribution is -2.07. The van der Waals surface area contributed by atoms with Gasteiger partial charge in [0.2, 0.25) is 0 Å². The Morgan fingerprint density at radius 2 is 2.24 bits per heavy atom. The maximum absolute atomic E-state index is 6.03. The third-order valence-electron chi connectivity index (χ3n) is 2.85. The minimum atomic E-state index is 0.799. The molecule has 0 amide bonds. The van der Waals surface area contributed by atoms with Gasteiger partial charge in [-0.1, -0.05) is 29.8 Å². The predicted molar refractivity (Wildman–Crippen MR) is 76.3 cm³/mol. The average Bonchev–Trinajstić information content (AvgIpc) is 2.31. The van der Waals surface area contributed by atoms with Crippen LogP contribution in [0.2, 0.25) is 5.02 Å². The van der Waals surface area contributed by atoms with Crippen molar-refractivity contribution >= 4 is 29.1 Å². The van der Waals surface area contributed by atoms with Gasteiger partial charge < -0.3 is 5.32 Å². The van der Waals surface area contributed by atoms with E-state index in [4.69, 9.17) is 11.6 Å². The summed E-state index contributed by atoms with van der Waals surface area (Å²) >= 11 is 7.84. The lowest BCUT2D eigenvalue weighted by atomic mass is 10.1. The van der Waals surface area contributed by atoms with E-state index in [0.29, 0.717) is 0 Å². The van der Waals surface area contributed by atoms with Crippen LogP contribution in [0, 0.1) is 0 Å². The second-order valence-corrected chi connectivity index (χ2v) is 5.36. The minimum Gasteiger partial charge on any atom is -0.355 e. The fraction of sp³-hybridized carbons (Fsp3) is 0.143. The van der Waals surface area contributed by atoms with Crippen LogP contribution in [0.3, 0.4) is 0 Å². The van der Waals surface area contributed by atoms with E-state index in [9.17, 15) is 0 Å². The molecule has 3 rings (SSSR count). The first-order chi connectivity index (χ1) is 8.33. The molecule has 2 aliphatic rings. The highest BCUT2D eigenvalue weighted by Crippen LogP contribution is 2.32. The number of benzene rings is 1. The molecule has 1 nitrogen and oxygen atoms in total. The Kier molecular flexibility index (Phi) is 3.00. The second-order valence-electron chi connectivity index (χ2n) is 4.07. The van der Waals surface area contributed by atoms with Gasteiger partial charge >= 0.3 is 0 Å². The van der Waals surface area contributed by atoms with Gasteiger partial charge in [0.25, 0.3) is 0 Å². The fourth-order valence-electron chi connectivity index (χ4n) is 1.98. The summed E-state index contributed by atoms with van der Waals surface area (Å²) in [7, 11) is 0. The Morgan fingerprint density at radius 1 is 1.29 bits per heavy atom. The number of nitrogens with one attached hydrogen (secondary N) is 1. The Morgan fingerprint density at radius 3 is 3.18 bits per heavy atom. The number of allylic oxidation sites excluding steroid dienone is 3. The van der Waals surface area contributed by atoms with E-state index >= 15 is 0 Å². The highest BCUT2D eigenvalue weighted by Gasteiger charge is 2.12. The third kappa shape index (κ3) is 2.28. The van der Waals surface area contributed by atoms with Gasteiger partial charge in [-0.2, -0.15) is 0 Å². The van der Waals surface area contributed by atoms with Crippen molar-refractivity contribution in [1.29, 1.82) is 0 Å². The molecule has 1 N–H and O–H groups in total. The standard InChI is InChI=1S/C14H12ClNS/c15-12-5-6-14-11(7-12)9-17-8-10-3-1-2-4-13(10)16-14/h1,3-8,16H,2,9H2. The van der Waals surface area contributed by atoms with Gasteiger partial charge in [-0.25, -0.2) is 0 Å². The van der Waals surface area contributed by atoms with Crippen LogP contribution in [0.1, 0.15) is 12.0 Å². The van der Waals surface area contributed by atoms with E-state index in [0.717, 1.165) is 22.9 Å².